The first-order valence-electron chi connectivity index (χ1n) is 11.7. The first-order valence-corrected chi connectivity index (χ1v) is 12.6. The monoisotopic (exact) mass is 496 g/mol. The predicted molar refractivity (Wildman–Crippen MR) is 141 cm³/mol. The number of carbonyl (C=O) groups is 1. The van der Waals surface area contributed by atoms with Gasteiger partial charge in [-0.05, 0) is 53.9 Å². The van der Waals surface area contributed by atoms with Gasteiger partial charge in [0.15, 0.2) is 5.16 Å². The Kier molecular flexibility index (Phi) is 7.09. The molecular formula is C29H25FN4OS. The van der Waals surface area contributed by atoms with Gasteiger partial charge in [0, 0.05) is 24.1 Å². The van der Waals surface area contributed by atoms with Crippen LogP contribution in [0.15, 0.2) is 96.4 Å². The topological polar surface area (TPSA) is 59.8 Å². The number of benzene rings is 3. The van der Waals surface area contributed by atoms with Crippen molar-refractivity contribution >= 4 is 28.7 Å². The highest BCUT2D eigenvalue weighted by molar-refractivity contribution is 7.98. The van der Waals surface area contributed by atoms with Gasteiger partial charge >= 0.3 is 0 Å². The van der Waals surface area contributed by atoms with Crippen LogP contribution in [0.1, 0.15) is 32.6 Å². The summed E-state index contributed by atoms with van der Waals surface area (Å²) in [5.74, 6) is 0.362. The smallest absolute Gasteiger partial charge is 0.251 e. The standard InChI is InChI=1S/C29H25FN4OS/c1-20-2-4-23(5-3-20)19-36-29-33-26-14-15-31-17-27(26)34(29)18-22-6-10-24(11-7-22)28(35)32-16-21-8-12-25(30)13-9-21/h2-15,17H,16,18-19H2,1H3,(H,32,35). The lowest BCUT2D eigenvalue weighted by Crippen LogP contribution is -2.22. The van der Waals surface area contributed by atoms with Crippen LogP contribution < -0.4 is 5.32 Å². The Morgan fingerprint density at radius 2 is 1.61 bits per heavy atom. The number of thioether (sulfide) groups is 1. The third-order valence-electron chi connectivity index (χ3n) is 5.93. The number of nitrogens with zero attached hydrogens (tertiary/aromatic N) is 3. The van der Waals surface area contributed by atoms with Gasteiger partial charge in [0.2, 0.25) is 0 Å². The van der Waals surface area contributed by atoms with E-state index in [0.29, 0.717) is 18.7 Å². The number of imidazole rings is 1. The van der Waals surface area contributed by atoms with E-state index in [1.165, 1.54) is 23.3 Å². The number of nitrogens with one attached hydrogen (secondary N) is 1. The van der Waals surface area contributed by atoms with Gasteiger partial charge in [-0.3, -0.25) is 9.78 Å². The molecule has 36 heavy (non-hydrogen) atoms. The van der Waals surface area contributed by atoms with E-state index in [0.717, 1.165) is 33.1 Å². The van der Waals surface area contributed by atoms with Gasteiger partial charge in [-0.25, -0.2) is 9.37 Å². The van der Waals surface area contributed by atoms with E-state index in [1.54, 1.807) is 30.1 Å². The fraction of sp³-hybridized carbons (Fsp3) is 0.138. The van der Waals surface area contributed by atoms with Gasteiger partial charge in [0.1, 0.15) is 5.82 Å². The molecule has 2 aromatic heterocycles. The molecule has 0 spiro atoms. The van der Waals surface area contributed by atoms with Crippen LogP contribution in [0.25, 0.3) is 11.0 Å². The van der Waals surface area contributed by atoms with E-state index in [1.807, 2.05) is 36.5 Å². The maximum Gasteiger partial charge on any atom is 0.251 e. The van der Waals surface area contributed by atoms with Gasteiger partial charge in [-0.15, -0.1) is 0 Å². The summed E-state index contributed by atoms with van der Waals surface area (Å²) in [6.07, 6.45) is 3.60. The molecule has 0 saturated carbocycles. The summed E-state index contributed by atoms with van der Waals surface area (Å²) in [6.45, 7) is 3.05. The second-order valence-corrected chi connectivity index (χ2v) is 9.57. The van der Waals surface area contributed by atoms with Crippen LogP contribution in [0.3, 0.4) is 0 Å². The van der Waals surface area contributed by atoms with E-state index in [2.05, 4.69) is 46.1 Å². The maximum absolute atomic E-state index is 13.1. The molecule has 5 nitrogen and oxygen atoms in total. The fourth-order valence-corrected chi connectivity index (χ4v) is 4.84. The average molecular weight is 497 g/mol. The Hall–Kier alpha value is -3.97. The zero-order chi connectivity index (χ0) is 24.9. The number of pyridine rings is 1. The Labute approximate surface area is 213 Å². The van der Waals surface area contributed by atoms with E-state index in [9.17, 15) is 9.18 Å². The normalized spacial score (nSPS) is 11.1. The van der Waals surface area contributed by atoms with Crippen LogP contribution in [0.4, 0.5) is 4.39 Å². The minimum Gasteiger partial charge on any atom is -0.348 e. The van der Waals surface area contributed by atoms with E-state index in [4.69, 9.17) is 4.98 Å². The molecule has 1 amide bonds. The van der Waals surface area contributed by atoms with Gasteiger partial charge < -0.3 is 9.88 Å². The number of hydrogen-bond acceptors (Lipinski definition) is 4. The van der Waals surface area contributed by atoms with Crippen molar-refractivity contribution in [2.75, 3.05) is 0 Å². The number of amides is 1. The summed E-state index contributed by atoms with van der Waals surface area (Å²) >= 11 is 1.70. The summed E-state index contributed by atoms with van der Waals surface area (Å²) in [4.78, 5) is 21.7. The predicted octanol–water partition coefficient (Wildman–Crippen LogP) is 6.15. The van der Waals surface area contributed by atoms with Gasteiger partial charge in [-0.1, -0.05) is 65.9 Å². The molecule has 0 fully saturated rings. The SMILES string of the molecule is Cc1ccc(CSc2nc3ccncc3n2Cc2ccc(C(=O)NCc3ccc(F)cc3)cc2)cc1. The van der Waals surface area contributed by atoms with Gasteiger partial charge in [0.05, 0.1) is 23.8 Å². The van der Waals surface area contributed by atoms with E-state index >= 15 is 0 Å². The Morgan fingerprint density at radius 3 is 2.36 bits per heavy atom. The summed E-state index contributed by atoms with van der Waals surface area (Å²) in [5.41, 5.74) is 6.86. The van der Waals surface area contributed by atoms with Crippen molar-refractivity contribution in [3.63, 3.8) is 0 Å². The fourth-order valence-electron chi connectivity index (χ4n) is 3.87. The number of carbonyl (C=O) groups excluding carboxylic acids is 1. The quantitative estimate of drug-likeness (QED) is 0.262. The lowest BCUT2D eigenvalue weighted by atomic mass is 10.1. The number of fused-ring (bicyclic) bond motifs is 1. The van der Waals surface area contributed by atoms with Crippen molar-refractivity contribution < 1.29 is 9.18 Å². The lowest BCUT2D eigenvalue weighted by molar-refractivity contribution is 0.0951. The molecule has 0 aliphatic carbocycles. The molecule has 5 rings (SSSR count). The highest BCUT2D eigenvalue weighted by Gasteiger charge is 2.13. The molecule has 2 heterocycles. The number of hydrogen-bond donors (Lipinski definition) is 1. The number of aryl methyl sites for hydroxylation is 1. The van der Waals surface area contributed by atoms with Crippen LogP contribution >= 0.6 is 11.8 Å². The molecule has 0 unspecified atom stereocenters. The van der Waals surface area contributed by atoms with Crippen LogP contribution in [0, 0.1) is 12.7 Å². The van der Waals surface area contributed by atoms with E-state index in [-0.39, 0.29) is 11.7 Å². The zero-order valence-corrected chi connectivity index (χ0v) is 20.6. The Morgan fingerprint density at radius 1 is 0.917 bits per heavy atom. The van der Waals surface area contributed by atoms with Crippen LogP contribution in [0.5, 0.6) is 0 Å². The number of rotatable bonds is 8. The van der Waals surface area contributed by atoms with Crippen molar-refractivity contribution in [2.24, 2.45) is 0 Å². The van der Waals surface area contributed by atoms with Crippen molar-refractivity contribution in [1.82, 2.24) is 19.9 Å². The molecule has 7 heteroatoms. The van der Waals surface area contributed by atoms with Crippen molar-refractivity contribution in [2.45, 2.75) is 30.9 Å². The highest BCUT2D eigenvalue weighted by Crippen LogP contribution is 2.27. The molecule has 180 valence electrons. The second-order valence-electron chi connectivity index (χ2n) is 8.63. The molecule has 0 saturated heterocycles. The Bertz CT molecular complexity index is 1480. The van der Waals surface area contributed by atoms with Crippen molar-refractivity contribution in [1.29, 1.82) is 0 Å². The van der Waals surface area contributed by atoms with Crippen LogP contribution in [0.2, 0.25) is 0 Å². The molecule has 1 N–H and O–H groups in total. The van der Waals surface area contributed by atoms with Crippen molar-refractivity contribution in [3.8, 4) is 0 Å². The molecule has 0 aliphatic rings. The number of halogens is 1. The maximum atomic E-state index is 13.1. The first kappa shape index (κ1) is 23.8. The third-order valence-corrected chi connectivity index (χ3v) is 6.97. The Balaban J connectivity index is 1.29. The molecule has 5 aromatic rings. The third kappa shape index (κ3) is 5.63. The van der Waals surface area contributed by atoms with Gasteiger partial charge in [-0.2, -0.15) is 0 Å². The summed E-state index contributed by atoms with van der Waals surface area (Å²) in [7, 11) is 0. The molecular weight excluding hydrogens is 471 g/mol. The minimum atomic E-state index is -0.293. The van der Waals surface area contributed by atoms with Crippen molar-refractivity contribution in [3.05, 3.63) is 125 Å². The lowest BCUT2D eigenvalue weighted by Gasteiger charge is -2.10. The summed E-state index contributed by atoms with van der Waals surface area (Å²) < 4.78 is 15.2. The molecule has 0 atom stereocenters. The average Bonchev–Trinajstić information content (AvgIpc) is 3.25. The molecule has 0 bridgehead atoms. The largest absolute Gasteiger partial charge is 0.348 e. The molecule has 0 radical (unpaired) electrons. The molecule has 3 aromatic carbocycles. The second kappa shape index (κ2) is 10.7. The highest BCUT2D eigenvalue weighted by atomic mass is 32.2. The summed E-state index contributed by atoms with van der Waals surface area (Å²) in [6, 6.07) is 24.2. The molecule has 0 aliphatic heterocycles. The van der Waals surface area contributed by atoms with Crippen LogP contribution in [-0.2, 0) is 18.8 Å². The van der Waals surface area contributed by atoms with E-state index < -0.39 is 0 Å². The number of aromatic nitrogens is 3. The zero-order valence-electron chi connectivity index (χ0n) is 19.8. The minimum absolute atomic E-state index is 0.169. The van der Waals surface area contributed by atoms with Crippen LogP contribution in [-0.4, -0.2) is 20.4 Å². The van der Waals surface area contributed by atoms with Gasteiger partial charge in [0.25, 0.3) is 5.91 Å². The summed E-state index contributed by atoms with van der Waals surface area (Å²) in [5, 5.41) is 3.81. The first-order chi connectivity index (χ1) is 17.5.